The molecule has 0 unspecified atom stereocenters. The highest BCUT2D eigenvalue weighted by Crippen LogP contribution is 2.54. The highest BCUT2D eigenvalue weighted by molar-refractivity contribution is 6.09. The van der Waals surface area contributed by atoms with E-state index in [9.17, 15) is 14.4 Å². The van der Waals surface area contributed by atoms with Crippen LogP contribution in [-0.2, 0) is 14.4 Å². The van der Waals surface area contributed by atoms with Crippen LogP contribution >= 0.6 is 0 Å². The van der Waals surface area contributed by atoms with Crippen molar-refractivity contribution >= 4 is 17.3 Å². The zero-order valence-corrected chi connectivity index (χ0v) is 19.1. The van der Waals surface area contributed by atoms with E-state index >= 15 is 0 Å². The van der Waals surface area contributed by atoms with Crippen molar-refractivity contribution in [3.05, 3.63) is 29.0 Å². The van der Waals surface area contributed by atoms with Gasteiger partial charge in [-0.2, -0.15) is 0 Å². The van der Waals surface area contributed by atoms with Gasteiger partial charge in [0.25, 0.3) is 0 Å². The van der Waals surface area contributed by atoms with E-state index in [-0.39, 0.29) is 28.2 Å². The molecule has 1 fully saturated rings. The van der Waals surface area contributed by atoms with Gasteiger partial charge in [0.15, 0.2) is 17.3 Å². The maximum atomic E-state index is 13.3. The van der Waals surface area contributed by atoms with Crippen LogP contribution in [0.15, 0.2) is 23.5 Å². The number of methoxy groups -OCH3 is 2. The monoisotopic (exact) mass is 426 g/mol. The number of carbonyl (C=O) groups excluding carboxylic acids is 3. The first kappa shape index (κ1) is 21.6. The Kier molecular flexibility index (Phi) is 5.02. The zero-order chi connectivity index (χ0) is 22.7. The summed E-state index contributed by atoms with van der Waals surface area (Å²) in [4.78, 5) is 39.8. The molecule has 3 aliphatic rings. The number of ketones is 3. The molecule has 1 aliphatic heterocycles. The van der Waals surface area contributed by atoms with Crippen LogP contribution in [0, 0.1) is 16.7 Å². The van der Waals surface area contributed by atoms with E-state index in [1.807, 2.05) is 27.7 Å². The number of carbonyl (C=O) groups is 3. The van der Waals surface area contributed by atoms with Gasteiger partial charge in [-0.15, -0.1) is 0 Å². The summed E-state index contributed by atoms with van der Waals surface area (Å²) in [6.07, 6.45) is 1.55. The molecule has 166 valence electrons. The summed E-state index contributed by atoms with van der Waals surface area (Å²) in [5, 5.41) is 0. The molecule has 0 bridgehead atoms. The van der Waals surface area contributed by atoms with Crippen LogP contribution in [0.5, 0.6) is 17.2 Å². The Hall–Kier alpha value is -2.63. The lowest BCUT2D eigenvalue weighted by atomic mass is 9.62. The fraction of sp³-hybridized carbons (Fsp3) is 0.560. The maximum Gasteiger partial charge on any atom is 0.164 e. The molecule has 31 heavy (non-hydrogen) atoms. The molecular formula is C25H30O6. The molecule has 0 spiro atoms. The minimum absolute atomic E-state index is 0.0536. The molecule has 0 N–H and O–H groups in total. The summed E-state index contributed by atoms with van der Waals surface area (Å²) in [7, 11) is 3.07. The summed E-state index contributed by atoms with van der Waals surface area (Å²) < 4.78 is 17.1. The third-order valence-electron chi connectivity index (χ3n) is 6.61. The number of ether oxygens (including phenoxy) is 3. The number of rotatable bonds is 3. The second kappa shape index (κ2) is 7.21. The van der Waals surface area contributed by atoms with E-state index in [1.54, 1.807) is 19.2 Å². The van der Waals surface area contributed by atoms with E-state index in [0.29, 0.717) is 59.8 Å². The standard InChI is InChI=1S/C25H30O6/c1-24(2)9-14(26)22(15(27)10-24)21-13-7-18(29-5)19(30-6)8-17(13)31-20-12-25(3,4)11-16(28)23(20)21/h7-8,21-22H,9-12H2,1-6H3/t21-/m1/s1. The number of Topliss-reactive ketones (excluding diaryl/α,β-unsaturated/α-hetero) is 3. The first-order chi connectivity index (χ1) is 14.5. The summed E-state index contributed by atoms with van der Waals surface area (Å²) in [6, 6.07) is 3.47. The van der Waals surface area contributed by atoms with Crippen molar-refractivity contribution in [1.82, 2.24) is 0 Å². The van der Waals surface area contributed by atoms with E-state index in [4.69, 9.17) is 14.2 Å². The van der Waals surface area contributed by atoms with Crippen LogP contribution in [0.1, 0.15) is 64.9 Å². The lowest BCUT2D eigenvalue weighted by Gasteiger charge is -2.42. The van der Waals surface area contributed by atoms with Gasteiger partial charge < -0.3 is 14.2 Å². The maximum absolute atomic E-state index is 13.3. The fourth-order valence-corrected chi connectivity index (χ4v) is 5.33. The van der Waals surface area contributed by atoms with Crippen LogP contribution < -0.4 is 14.2 Å². The lowest BCUT2D eigenvalue weighted by molar-refractivity contribution is -0.140. The number of fused-ring (bicyclic) bond motifs is 1. The normalized spacial score (nSPS) is 25.0. The molecule has 6 nitrogen and oxygen atoms in total. The van der Waals surface area contributed by atoms with Crippen molar-refractivity contribution in [1.29, 1.82) is 0 Å². The van der Waals surface area contributed by atoms with Crippen molar-refractivity contribution in [2.24, 2.45) is 16.7 Å². The average molecular weight is 427 g/mol. The van der Waals surface area contributed by atoms with Crippen LogP contribution in [-0.4, -0.2) is 31.6 Å². The van der Waals surface area contributed by atoms with Crippen LogP contribution in [0.3, 0.4) is 0 Å². The van der Waals surface area contributed by atoms with Crippen LogP contribution in [0.2, 0.25) is 0 Å². The summed E-state index contributed by atoms with van der Waals surface area (Å²) >= 11 is 0. The molecule has 0 aromatic heterocycles. The van der Waals surface area contributed by atoms with Gasteiger partial charge in [0.2, 0.25) is 0 Å². The summed E-state index contributed by atoms with van der Waals surface area (Å²) in [5.74, 6) is 0.223. The number of hydrogen-bond donors (Lipinski definition) is 0. The molecule has 6 heteroatoms. The van der Waals surface area contributed by atoms with Gasteiger partial charge in [-0.05, 0) is 16.9 Å². The third kappa shape index (κ3) is 3.66. The molecule has 0 radical (unpaired) electrons. The molecule has 1 heterocycles. The minimum atomic E-state index is -0.885. The average Bonchev–Trinajstić information content (AvgIpc) is 2.63. The Morgan fingerprint density at radius 3 is 1.94 bits per heavy atom. The van der Waals surface area contributed by atoms with E-state index in [0.717, 1.165) is 0 Å². The summed E-state index contributed by atoms with van der Waals surface area (Å²) in [5.41, 5.74) is 0.490. The Balaban J connectivity index is 1.92. The molecule has 0 saturated heterocycles. The van der Waals surface area contributed by atoms with Gasteiger partial charge in [0, 0.05) is 48.8 Å². The highest BCUT2D eigenvalue weighted by Gasteiger charge is 2.51. The predicted molar refractivity (Wildman–Crippen MR) is 114 cm³/mol. The van der Waals surface area contributed by atoms with E-state index < -0.39 is 11.8 Å². The van der Waals surface area contributed by atoms with Gasteiger partial charge in [0.05, 0.1) is 20.1 Å². The van der Waals surface area contributed by atoms with Crippen LogP contribution in [0.4, 0.5) is 0 Å². The van der Waals surface area contributed by atoms with Crippen molar-refractivity contribution in [3.63, 3.8) is 0 Å². The van der Waals surface area contributed by atoms with E-state index in [2.05, 4.69) is 0 Å². The van der Waals surface area contributed by atoms with Crippen molar-refractivity contribution in [2.45, 2.75) is 59.3 Å². The van der Waals surface area contributed by atoms with Gasteiger partial charge in [-0.3, -0.25) is 14.4 Å². The lowest BCUT2D eigenvalue weighted by Crippen LogP contribution is -2.44. The Labute approximate surface area is 182 Å². The Morgan fingerprint density at radius 1 is 0.806 bits per heavy atom. The Morgan fingerprint density at radius 2 is 1.35 bits per heavy atom. The first-order valence-corrected chi connectivity index (χ1v) is 10.7. The molecule has 0 amide bonds. The second-order valence-corrected chi connectivity index (χ2v) is 10.5. The molecule has 2 aliphatic carbocycles. The van der Waals surface area contributed by atoms with E-state index in [1.165, 1.54) is 7.11 Å². The zero-order valence-electron chi connectivity index (χ0n) is 19.1. The molecule has 1 aromatic carbocycles. The van der Waals surface area contributed by atoms with Crippen molar-refractivity contribution in [2.75, 3.05) is 14.2 Å². The highest BCUT2D eigenvalue weighted by atomic mass is 16.5. The Bertz CT molecular complexity index is 993. The molecule has 1 atom stereocenters. The predicted octanol–water partition coefficient (Wildman–Crippen LogP) is 4.40. The molecule has 4 rings (SSSR count). The van der Waals surface area contributed by atoms with Crippen LogP contribution in [0.25, 0.3) is 0 Å². The smallest absolute Gasteiger partial charge is 0.164 e. The topological polar surface area (TPSA) is 78.9 Å². The molecular weight excluding hydrogens is 396 g/mol. The second-order valence-electron chi connectivity index (χ2n) is 10.5. The minimum Gasteiger partial charge on any atom is -0.493 e. The quantitative estimate of drug-likeness (QED) is 0.667. The summed E-state index contributed by atoms with van der Waals surface area (Å²) in [6.45, 7) is 7.92. The number of allylic oxidation sites excluding steroid dienone is 2. The van der Waals surface area contributed by atoms with Crippen molar-refractivity contribution < 1.29 is 28.6 Å². The first-order valence-electron chi connectivity index (χ1n) is 10.7. The van der Waals surface area contributed by atoms with Gasteiger partial charge in [-0.25, -0.2) is 0 Å². The number of hydrogen-bond acceptors (Lipinski definition) is 6. The van der Waals surface area contributed by atoms with Gasteiger partial charge >= 0.3 is 0 Å². The van der Waals surface area contributed by atoms with Gasteiger partial charge in [-0.1, -0.05) is 27.7 Å². The SMILES string of the molecule is COc1cc2c(cc1OC)[C@H](C1C(=O)CC(C)(C)CC1=O)C1=C(CC(C)(C)CC1=O)O2. The number of benzene rings is 1. The third-order valence-corrected chi connectivity index (χ3v) is 6.61. The van der Waals surface area contributed by atoms with Gasteiger partial charge in [0.1, 0.15) is 23.1 Å². The molecule has 1 aromatic rings. The fourth-order valence-electron chi connectivity index (χ4n) is 5.33. The largest absolute Gasteiger partial charge is 0.493 e. The molecule has 1 saturated carbocycles. The van der Waals surface area contributed by atoms with Crippen molar-refractivity contribution in [3.8, 4) is 17.2 Å².